The Hall–Kier alpha value is -2.73. The molecular formula is C22H29F4N7O. The van der Waals surface area contributed by atoms with Gasteiger partial charge >= 0.3 is 6.18 Å². The summed E-state index contributed by atoms with van der Waals surface area (Å²) in [5.41, 5.74) is 7.53. The molecule has 3 rings (SSSR count). The lowest BCUT2D eigenvalue weighted by Gasteiger charge is -2.34. The lowest BCUT2D eigenvalue weighted by atomic mass is 9.82. The number of aliphatic hydroxyl groups is 1. The van der Waals surface area contributed by atoms with E-state index in [1.807, 2.05) is 0 Å². The van der Waals surface area contributed by atoms with Gasteiger partial charge in [0.05, 0.1) is 23.4 Å². The topological polar surface area (TPSA) is 124 Å². The molecule has 0 spiro atoms. The third-order valence-corrected chi connectivity index (χ3v) is 6.14. The molecule has 4 N–H and O–H groups in total. The summed E-state index contributed by atoms with van der Waals surface area (Å²) in [6.07, 6.45) is -0.580. The maximum Gasteiger partial charge on any atom is 0.407 e. The number of rotatable bonds is 6. The number of nitrogens with zero attached hydrogens (tertiary/aromatic N) is 5. The number of hydrogen-bond donors (Lipinski definition) is 3. The Morgan fingerprint density at radius 3 is 2.76 bits per heavy atom. The Labute approximate surface area is 195 Å². The average Bonchev–Trinajstić information content (AvgIpc) is 2.79. The first-order chi connectivity index (χ1) is 16.1. The summed E-state index contributed by atoms with van der Waals surface area (Å²) < 4.78 is 52.7. The van der Waals surface area contributed by atoms with E-state index in [1.165, 1.54) is 13.2 Å². The number of piperidine rings is 1. The fourth-order valence-electron chi connectivity index (χ4n) is 4.11. The van der Waals surface area contributed by atoms with Crippen LogP contribution >= 0.6 is 0 Å². The summed E-state index contributed by atoms with van der Waals surface area (Å²) in [4.78, 5) is 18.2. The number of nitrogens with two attached hydrogens (primary N) is 1. The van der Waals surface area contributed by atoms with Crippen LogP contribution in [0.4, 0.5) is 23.5 Å². The zero-order chi connectivity index (χ0) is 25.0. The molecule has 186 valence electrons. The molecule has 1 aliphatic carbocycles. The summed E-state index contributed by atoms with van der Waals surface area (Å²) >= 11 is 0. The number of nitrogens with one attached hydrogen (secondary N) is 1. The molecule has 1 aromatic rings. The molecule has 0 amide bonds. The highest BCUT2D eigenvalue weighted by Crippen LogP contribution is 2.36. The van der Waals surface area contributed by atoms with E-state index >= 15 is 4.39 Å². The summed E-state index contributed by atoms with van der Waals surface area (Å²) in [6, 6.07) is -0.359. The Morgan fingerprint density at radius 1 is 1.41 bits per heavy atom. The first-order valence-corrected chi connectivity index (χ1v) is 11.0. The highest BCUT2D eigenvalue weighted by molar-refractivity contribution is 5.97. The van der Waals surface area contributed by atoms with Crippen LogP contribution in [0.2, 0.25) is 0 Å². The molecule has 34 heavy (non-hydrogen) atoms. The Bertz CT molecular complexity index is 978. The number of aliphatic hydroxyl groups excluding tert-OH is 1. The van der Waals surface area contributed by atoms with E-state index < -0.39 is 36.8 Å². The molecule has 8 nitrogen and oxygen atoms in total. The Morgan fingerprint density at radius 2 is 2.15 bits per heavy atom. The molecular weight excluding hydrogens is 454 g/mol. The first-order valence-electron chi connectivity index (χ1n) is 11.0. The molecule has 0 bridgehead atoms. The van der Waals surface area contributed by atoms with Gasteiger partial charge in [0.2, 0.25) is 5.95 Å². The maximum atomic E-state index is 15.0. The monoisotopic (exact) mass is 483 g/mol. The normalized spacial score (nSPS) is 28.3. The minimum atomic E-state index is -4.47. The van der Waals surface area contributed by atoms with Crippen LogP contribution in [0.5, 0.6) is 0 Å². The molecule has 2 aliphatic rings. The van der Waals surface area contributed by atoms with Crippen molar-refractivity contribution in [2.24, 2.45) is 21.6 Å². The van der Waals surface area contributed by atoms with Crippen LogP contribution in [0, 0.1) is 11.3 Å². The van der Waals surface area contributed by atoms with E-state index in [1.54, 1.807) is 17.9 Å². The summed E-state index contributed by atoms with van der Waals surface area (Å²) in [5.74, 6) is -1.26. The molecule has 1 aliphatic heterocycles. The third-order valence-electron chi connectivity index (χ3n) is 6.14. The molecule has 0 radical (unpaired) electrons. The van der Waals surface area contributed by atoms with Crippen LogP contribution in [0.3, 0.4) is 0 Å². The van der Waals surface area contributed by atoms with Crippen molar-refractivity contribution in [1.82, 2.24) is 9.97 Å². The number of aliphatic imine (C=N–C) groups is 2. The minimum absolute atomic E-state index is 0.216. The lowest BCUT2D eigenvalue weighted by molar-refractivity contribution is -0.118. The van der Waals surface area contributed by atoms with Crippen molar-refractivity contribution < 1.29 is 22.7 Å². The van der Waals surface area contributed by atoms with Gasteiger partial charge < -0.3 is 21.1 Å². The van der Waals surface area contributed by atoms with Gasteiger partial charge in [0.25, 0.3) is 0 Å². The van der Waals surface area contributed by atoms with E-state index in [0.29, 0.717) is 41.5 Å². The lowest BCUT2D eigenvalue weighted by Crippen LogP contribution is -2.51. The first kappa shape index (κ1) is 25.9. The zero-order valence-electron chi connectivity index (χ0n) is 19.0. The summed E-state index contributed by atoms with van der Waals surface area (Å²) in [6.45, 7) is 1.03. The van der Waals surface area contributed by atoms with Gasteiger partial charge in [0, 0.05) is 62.7 Å². The van der Waals surface area contributed by atoms with Crippen molar-refractivity contribution in [3.63, 3.8) is 0 Å². The van der Waals surface area contributed by atoms with Crippen molar-refractivity contribution in [2.75, 3.05) is 31.6 Å². The standard InChI is InChI=1S/C22H29F4N7O/c1-12-14(3-4-17(29-2)19(12)23)20-15(13(7-27)8-30-11-22(24,25)26)9-31-21(32-20)33-6-5-16(28)18(34)10-33/h3,7-9,12-13,16,18-19,27,34H,4-6,10-11,28H2,1-2H3. The SMILES string of the molecule is CN=C1CC=C(c2nc(N3CCC(N)C(O)C3)ncc2C(C=N)C=NCC(F)(F)F)C(C)C1F. The van der Waals surface area contributed by atoms with Crippen molar-refractivity contribution in [1.29, 1.82) is 5.41 Å². The number of β-amino-alcohol motifs (C(OH)–C–C–N with tert-alkyl or cyclic N) is 1. The zero-order valence-corrected chi connectivity index (χ0v) is 19.0. The molecule has 1 aromatic heterocycles. The van der Waals surface area contributed by atoms with Gasteiger partial charge in [-0.05, 0) is 12.0 Å². The highest BCUT2D eigenvalue weighted by atomic mass is 19.4. The largest absolute Gasteiger partial charge is 0.407 e. The predicted octanol–water partition coefficient (Wildman–Crippen LogP) is 2.57. The number of anilines is 1. The summed E-state index contributed by atoms with van der Waals surface area (Å²) in [7, 11) is 1.52. The second-order valence-electron chi connectivity index (χ2n) is 8.51. The van der Waals surface area contributed by atoms with E-state index in [0.717, 1.165) is 12.4 Å². The quantitative estimate of drug-likeness (QED) is 0.424. The van der Waals surface area contributed by atoms with E-state index in [4.69, 9.17) is 11.1 Å². The van der Waals surface area contributed by atoms with Crippen molar-refractivity contribution in [3.8, 4) is 0 Å². The van der Waals surface area contributed by atoms with Crippen LogP contribution in [0.1, 0.15) is 36.9 Å². The second kappa shape index (κ2) is 10.7. The van der Waals surface area contributed by atoms with E-state index in [9.17, 15) is 18.3 Å². The van der Waals surface area contributed by atoms with Gasteiger partial charge in [0.1, 0.15) is 12.7 Å². The molecule has 12 heteroatoms. The molecule has 5 atom stereocenters. The molecule has 2 heterocycles. The average molecular weight is 484 g/mol. The van der Waals surface area contributed by atoms with Crippen molar-refractivity contribution in [2.45, 2.75) is 50.2 Å². The number of hydrogen-bond acceptors (Lipinski definition) is 8. The smallest absolute Gasteiger partial charge is 0.390 e. The van der Waals surface area contributed by atoms with Gasteiger partial charge in [-0.2, -0.15) is 13.2 Å². The van der Waals surface area contributed by atoms with Gasteiger partial charge in [-0.1, -0.05) is 13.0 Å². The minimum Gasteiger partial charge on any atom is -0.390 e. The summed E-state index contributed by atoms with van der Waals surface area (Å²) in [5, 5.41) is 17.9. The molecule has 1 saturated heterocycles. The second-order valence-corrected chi connectivity index (χ2v) is 8.51. The highest BCUT2D eigenvalue weighted by Gasteiger charge is 2.33. The van der Waals surface area contributed by atoms with E-state index in [-0.39, 0.29) is 19.0 Å². The Balaban J connectivity index is 2.05. The molecule has 0 aromatic carbocycles. The van der Waals surface area contributed by atoms with Crippen molar-refractivity contribution >= 4 is 29.7 Å². The Kier molecular flexibility index (Phi) is 8.13. The molecule has 1 fully saturated rings. The van der Waals surface area contributed by atoms with E-state index in [2.05, 4.69) is 20.0 Å². The molecule has 0 saturated carbocycles. The fraction of sp³-hybridized carbons (Fsp3) is 0.591. The van der Waals surface area contributed by atoms with Crippen LogP contribution < -0.4 is 10.6 Å². The number of alkyl halides is 4. The van der Waals surface area contributed by atoms with Gasteiger partial charge in [0.15, 0.2) is 0 Å². The van der Waals surface area contributed by atoms with Gasteiger partial charge in [-0.3, -0.25) is 9.98 Å². The third kappa shape index (κ3) is 5.84. The van der Waals surface area contributed by atoms with Crippen LogP contribution in [-0.4, -0.2) is 84.4 Å². The number of halogens is 4. The molecule has 5 unspecified atom stereocenters. The number of aromatic nitrogens is 2. The maximum absolute atomic E-state index is 15.0. The van der Waals surface area contributed by atoms with Crippen molar-refractivity contribution in [3.05, 3.63) is 23.5 Å². The number of allylic oxidation sites excluding steroid dienone is 2. The van der Waals surface area contributed by atoms with Crippen LogP contribution in [0.25, 0.3) is 5.57 Å². The van der Waals surface area contributed by atoms with Gasteiger partial charge in [-0.15, -0.1) is 0 Å². The van der Waals surface area contributed by atoms with Crippen LogP contribution in [-0.2, 0) is 0 Å². The van der Waals surface area contributed by atoms with Gasteiger partial charge in [-0.25, -0.2) is 14.4 Å². The predicted molar refractivity (Wildman–Crippen MR) is 124 cm³/mol. The fourth-order valence-corrected chi connectivity index (χ4v) is 4.11. The van der Waals surface area contributed by atoms with Crippen LogP contribution in [0.15, 0.2) is 22.3 Å².